The number of carbonyl (C=O) groups excluding carboxylic acids is 2. The fourth-order valence-corrected chi connectivity index (χ4v) is 3.17. The predicted molar refractivity (Wildman–Crippen MR) is 101 cm³/mol. The van der Waals surface area contributed by atoms with Crippen molar-refractivity contribution >= 4 is 23.4 Å². The molecule has 6 heteroatoms. The lowest BCUT2D eigenvalue weighted by Crippen LogP contribution is -2.51. The van der Waals surface area contributed by atoms with Crippen LogP contribution in [0.5, 0.6) is 5.75 Å². The molecule has 2 aromatic rings. The Balaban J connectivity index is 1.57. The molecule has 1 aliphatic heterocycles. The highest BCUT2D eigenvalue weighted by atomic mass is 35.5. The Morgan fingerprint density at radius 1 is 0.962 bits per heavy atom. The Hall–Kier alpha value is -2.53. The maximum Gasteiger partial charge on any atom is 0.257 e. The van der Waals surface area contributed by atoms with E-state index in [1.807, 2.05) is 24.3 Å². The van der Waals surface area contributed by atoms with E-state index in [2.05, 4.69) is 0 Å². The normalized spacial score (nSPS) is 14.2. The number of rotatable bonds is 4. The Labute approximate surface area is 158 Å². The molecular weight excluding hydrogens is 352 g/mol. The third-order valence-corrected chi connectivity index (χ3v) is 4.78. The van der Waals surface area contributed by atoms with Crippen molar-refractivity contribution in [1.82, 2.24) is 9.80 Å². The summed E-state index contributed by atoms with van der Waals surface area (Å²) in [4.78, 5) is 28.8. The molecule has 3 rings (SSSR count). The Bertz CT molecular complexity index is 784. The number of ether oxygens (including phenoxy) is 1. The smallest absolute Gasteiger partial charge is 0.257 e. The zero-order valence-electron chi connectivity index (χ0n) is 14.7. The first-order valence-electron chi connectivity index (χ1n) is 8.53. The van der Waals surface area contributed by atoms with Crippen LogP contribution in [0, 0.1) is 0 Å². The molecule has 26 heavy (non-hydrogen) atoms. The second-order valence-corrected chi connectivity index (χ2v) is 6.61. The van der Waals surface area contributed by atoms with Crippen LogP contribution in [0.15, 0.2) is 48.5 Å². The molecule has 1 heterocycles. The number of para-hydroxylation sites is 1. The predicted octanol–water partition coefficient (Wildman–Crippen LogP) is 2.88. The molecule has 0 N–H and O–H groups in total. The SMILES string of the molecule is COc1ccccc1C(=O)N1CCN(C(=O)Cc2ccc(Cl)cc2)CC1. The molecule has 1 fully saturated rings. The minimum atomic E-state index is -0.0627. The summed E-state index contributed by atoms with van der Waals surface area (Å²) >= 11 is 5.87. The van der Waals surface area contributed by atoms with Crippen LogP contribution in [0.4, 0.5) is 0 Å². The number of nitrogens with zero attached hydrogens (tertiary/aromatic N) is 2. The van der Waals surface area contributed by atoms with Crippen LogP contribution in [0.25, 0.3) is 0 Å². The second kappa shape index (κ2) is 8.23. The number of hydrogen-bond donors (Lipinski definition) is 0. The Kier molecular flexibility index (Phi) is 5.78. The van der Waals surface area contributed by atoms with Crippen LogP contribution < -0.4 is 4.74 Å². The van der Waals surface area contributed by atoms with Gasteiger partial charge < -0.3 is 14.5 Å². The lowest BCUT2D eigenvalue weighted by atomic mass is 10.1. The fraction of sp³-hybridized carbons (Fsp3) is 0.300. The quantitative estimate of drug-likeness (QED) is 0.829. The van der Waals surface area contributed by atoms with Gasteiger partial charge in [-0.3, -0.25) is 9.59 Å². The summed E-state index contributed by atoms with van der Waals surface area (Å²) in [5.74, 6) is 0.572. The summed E-state index contributed by atoms with van der Waals surface area (Å²) in [5, 5.41) is 0.657. The summed E-state index contributed by atoms with van der Waals surface area (Å²) in [6.45, 7) is 2.10. The van der Waals surface area contributed by atoms with E-state index < -0.39 is 0 Å². The molecule has 0 aromatic heterocycles. The van der Waals surface area contributed by atoms with Crippen molar-refractivity contribution in [3.63, 3.8) is 0 Å². The molecule has 2 amide bonds. The minimum absolute atomic E-state index is 0.0627. The van der Waals surface area contributed by atoms with E-state index in [0.717, 1.165) is 5.56 Å². The molecule has 0 aliphatic carbocycles. The standard InChI is InChI=1S/C20H21ClN2O3/c1-26-18-5-3-2-4-17(18)20(25)23-12-10-22(11-13-23)19(24)14-15-6-8-16(21)9-7-15/h2-9H,10-14H2,1H3. The van der Waals surface area contributed by atoms with E-state index >= 15 is 0 Å². The zero-order valence-corrected chi connectivity index (χ0v) is 15.4. The Morgan fingerprint density at radius 3 is 2.23 bits per heavy atom. The van der Waals surface area contributed by atoms with Crippen LogP contribution in [0.2, 0.25) is 5.02 Å². The van der Waals surface area contributed by atoms with Gasteiger partial charge in [0, 0.05) is 31.2 Å². The average molecular weight is 373 g/mol. The van der Waals surface area contributed by atoms with Gasteiger partial charge in [-0.1, -0.05) is 35.9 Å². The van der Waals surface area contributed by atoms with Gasteiger partial charge in [-0.25, -0.2) is 0 Å². The number of benzene rings is 2. The molecular formula is C20H21ClN2O3. The van der Waals surface area contributed by atoms with Crippen molar-refractivity contribution in [3.05, 3.63) is 64.7 Å². The van der Waals surface area contributed by atoms with Gasteiger partial charge in [-0.15, -0.1) is 0 Å². The second-order valence-electron chi connectivity index (χ2n) is 6.18. The van der Waals surface area contributed by atoms with Crippen LogP contribution in [0.3, 0.4) is 0 Å². The number of amides is 2. The van der Waals surface area contributed by atoms with Crippen LogP contribution in [0.1, 0.15) is 15.9 Å². The van der Waals surface area contributed by atoms with Crippen LogP contribution in [-0.4, -0.2) is 54.9 Å². The summed E-state index contributed by atoms with van der Waals surface area (Å²) in [6.07, 6.45) is 0.345. The fourth-order valence-electron chi connectivity index (χ4n) is 3.04. The summed E-state index contributed by atoms with van der Waals surface area (Å²) < 4.78 is 5.27. The van der Waals surface area contributed by atoms with Crippen molar-refractivity contribution < 1.29 is 14.3 Å². The van der Waals surface area contributed by atoms with Crippen molar-refractivity contribution in [2.45, 2.75) is 6.42 Å². The van der Waals surface area contributed by atoms with E-state index in [1.54, 1.807) is 41.2 Å². The number of piperazine rings is 1. The summed E-state index contributed by atoms with van der Waals surface area (Å²) in [7, 11) is 1.56. The van der Waals surface area contributed by atoms with E-state index in [0.29, 0.717) is 48.9 Å². The van der Waals surface area contributed by atoms with Gasteiger partial charge in [0.2, 0.25) is 5.91 Å². The zero-order chi connectivity index (χ0) is 18.5. The summed E-state index contributed by atoms with van der Waals surface area (Å²) in [6, 6.07) is 14.5. The topological polar surface area (TPSA) is 49.9 Å². The van der Waals surface area contributed by atoms with Crippen molar-refractivity contribution in [2.24, 2.45) is 0 Å². The lowest BCUT2D eigenvalue weighted by Gasteiger charge is -2.35. The molecule has 1 saturated heterocycles. The molecule has 0 spiro atoms. The van der Waals surface area contributed by atoms with Crippen LogP contribution >= 0.6 is 11.6 Å². The first-order valence-corrected chi connectivity index (χ1v) is 8.91. The largest absolute Gasteiger partial charge is 0.496 e. The van der Waals surface area contributed by atoms with Gasteiger partial charge >= 0.3 is 0 Å². The molecule has 0 radical (unpaired) electrons. The van der Waals surface area contributed by atoms with Crippen molar-refractivity contribution in [3.8, 4) is 5.75 Å². The van der Waals surface area contributed by atoms with E-state index in [1.165, 1.54) is 0 Å². The maximum absolute atomic E-state index is 12.7. The maximum atomic E-state index is 12.7. The number of halogens is 1. The molecule has 5 nitrogen and oxygen atoms in total. The molecule has 0 bridgehead atoms. The third-order valence-electron chi connectivity index (χ3n) is 4.53. The molecule has 0 saturated carbocycles. The highest BCUT2D eigenvalue weighted by Crippen LogP contribution is 2.20. The molecule has 0 unspecified atom stereocenters. The first-order chi connectivity index (χ1) is 12.6. The molecule has 0 atom stereocenters. The Morgan fingerprint density at radius 2 is 1.58 bits per heavy atom. The number of hydrogen-bond acceptors (Lipinski definition) is 3. The van der Waals surface area contributed by atoms with Crippen molar-refractivity contribution in [1.29, 1.82) is 0 Å². The highest BCUT2D eigenvalue weighted by molar-refractivity contribution is 6.30. The number of methoxy groups -OCH3 is 1. The monoisotopic (exact) mass is 372 g/mol. The van der Waals surface area contributed by atoms with Gasteiger partial charge in [0.25, 0.3) is 5.91 Å². The van der Waals surface area contributed by atoms with Gasteiger partial charge in [0.15, 0.2) is 0 Å². The van der Waals surface area contributed by atoms with Gasteiger partial charge in [-0.05, 0) is 29.8 Å². The van der Waals surface area contributed by atoms with Gasteiger partial charge in [0.05, 0.1) is 19.1 Å². The van der Waals surface area contributed by atoms with E-state index in [4.69, 9.17) is 16.3 Å². The molecule has 2 aromatic carbocycles. The van der Waals surface area contributed by atoms with Crippen LogP contribution in [-0.2, 0) is 11.2 Å². The number of carbonyl (C=O) groups is 2. The average Bonchev–Trinajstić information content (AvgIpc) is 2.69. The minimum Gasteiger partial charge on any atom is -0.496 e. The third kappa shape index (κ3) is 4.17. The van der Waals surface area contributed by atoms with Gasteiger partial charge in [-0.2, -0.15) is 0 Å². The highest BCUT2D eigenvalue weighted by Gasteiger charge is 2.26. The summed E-state index contributed by atoms with van der Waals surface area (Å²) in [5.41, 5.74) is 1.49. The van der Waals surface area contributed by atoms with Gasteiger partial charge in [0.1, 0.15) is 5.75 Å². The lowest BCUT2D eigenvalue weighted by molar-refractivity contribution is -0.131. The van der Waals surface area contributed by atoms with E-state index in [9.17, 15) is 9.59 Å². The van der Waals surface area contributed by atoms with E-state index in [-0.39, 0.29) is 11.8 Å². The first kappa shape index (κ1) is 18.3. The molecule has 136 valence electrons. The molecule has 1 aliphatic rings. The van der Waals surface area contributed by atoms with Crippen molar-refractivity contribution in [2.75, 3.05) is 33.3 Å².